The van der Waals surface area contributed by atoms with Gasteiger partial charge in [0.1, 0.15) is 0 Å². The van der Waals surface area contributed by atoms with E-state index < -0.39 is 0 Å². The maximum Gasteiger partial charge on any atom is -0.0231 e. The van der Waals surface area contributed by atoms with Crippen LogP contribution in [0.3, 0.4) is 0 Å². The van der Waals surface area contributed by atoms with Crippen molar-refractivity contribution in [3.8, 4) is 0 Å². The van der Waals surface area contributed by atoms with Crippen molar-refractivity contribution in [3.05, 3.63) is 48.5 Å². The lowest BCUT2D eigenvalue weighted by Gasteiger charge is -1.93. The zero-order valence-electron chi connectivity index (χ0n) is 14.8. The molecule has 0 spiro atoms. The fraction of sp³-hybridized carbons (Fsp3) is 0.333. The van der Waals surface area contributed by atoms with Gasteiger partial charge < -0.3 is 0 Å². The third kappa shape index (κ3) is 23.9. The van der Waals surface area contributed by atoms with Gasteiger partial charge in [-0.05, 0) is 58.4 Å². The first-order valence-corrected chi connectivity index (χ1v) is 13.5. The largest absolute Gasteiger partial charge is 0.138 e. The van der Waals surface area contributed by atoms with E-state index in [1.807, 2.05) is 18.2 Å². The van der Waals surface area contributed by atoms with E-state index in [1.165, 1.54) is 52.3 Å². The second-order valence-corrected chi connectivity index (χ2v) is 9.69. The highest BCUT2D eigenvalue weighted by Gasteiger charge is 1.84. The minimum absolute atomic E-state index is 0. The molecule has 0 nitrogen and oxygen atoms in total. The van der Waals surface area contributed by atoms with E-state index in [0.717, 1.165) is 0 Å². The van der Waals surface area contributed by atoms with Gasteiger partial charge >= 0.3 is 0 Å². The summed E-state index contributed by atoms with van der Waals surface area (Å²) in [4.78, 5) is 0. The number of hydrogen-bond acceptors (Lipinski definition) is 0. The van der Waals surface area contributed by atoms with Crippen LogP contribution in [0.1, 0.15) is 13.8 Å². The molecule has 8 atom stereocenters. The molecule has 26 heavy (non-hydrogen) atoms. The Hall–Kier alpha value is 1.88. The molecule has 150 valence electrons. The van der Waals surface area contributed by atoms with Gasteiger partial charge in [0.25, 0.3) is 0 Å². The third-order valence-electron chi connectivity index (χ3n) is 2.48. The van der Waals surface area contributed by atoms with Gasteiger partial charge in [-0.15, -0.1) is 73.9 Å². The molecule has 0 amide bonds. The third-order valence-corrected chi connectivity index (χ3v) is 6.73. The Balaban J connectivity index is -0.000000280. The van der Waals surface area contributed by atoms with E-state index >= 15 is 0 Å². The first-order chi connectivity index (χ1) is 11.9. The molecule has 8 unspecified atom stereocenters. The Bertz CT molecular complexity index is 492. The van der Waals surface area contributed by atoms with Crippen LogP contribution in [0.5, 0.6) is 0 Å². The summed E-state index contributed by atoms with van der Waals surface area (Å²) in [6.45, 7) is 0. The predicted molar refractivity (Wildman–Crippen MR) is 160 cm³/mol. The monoisotopic (exact) mass is 502 g/mol. The van der Waals surface area contributed by atoms with Crippen molar-refractivity contribution in [1.82, 2.24) is 0 Å². The fourth-order valence-corrected chi connectivity index (χ4v) is 3.34. The molecule has 0 saturated heterocycles. The average Bonchev–Trinajstić information content (AvgIpc) is 2.59. The topological polar surface area (TPSA) is 0 Å². The smallest absolute Gasteiger partial charge is 0.0231 e. The second kappa shape index (κ2) is 24.9. The number of benzene rings is 2. The van der Waals surface area contributed by atoms with Gasteiger partial charge in [0, 0.05) is 0 Å². The van der Waals surface area contributed by atoms with Crippen LogP contribution in [0.2, 0.25) is 0 Å². The predicted octanol–water partition coefficient (Wildman–Crippen LogP) is 3.87. The van der Waals surface area contributed by atoms with Crippen LogP contribution in [0.25, 0.3) is 0 Å². The minimum Gasteiger partial charge on any atom is -0.138 e. The molecule has 0 bridgehead atoms. The van der Waals surface area contributed by atoms with Crippen LogP contribution in [0, 0.1) is 0 Å². The summed E-state index contributed by atoms with van der Waals surface area (Å²) in [6.07, 6.45) is 6.19. The summed E-state index contributed by atoms with van der Waals surface area (Å²) in [7, 11) is 21.3. The lowest BCUT2D eigenvalue weighted by molar-refractivity contribution is 1.13. The maximum atomic E-state index is 2.69. The molecule has 0 aromatic heterocycles. The summed E-state index contributed by atoms with van der Waals surface area (Å²) in [5, 5.41) is 4.96. The lowest BCUT2D eigenvalue weighted by Crippen LogP contribution is -2.08. The Morgan fingerprint density at radius 2 is 0.923 bits per heavy atom. The summed E-state index contributed by atoms with van der Waals surface area (Å²) < 4.78 is 0. The van der Waals surface area contributed by atoms with E-state index in [0.29, 0.717) is 0 Å². The van der Waals surface area contributed by atoms with Crippen LogP contribution >= 0.6 is 73.9 Å². The summed E-state index contributed by atoms with van der Waals surface area (Å²) in [6, 6.07) is 16.4. The second-order valence-electron chi connectivity index (χ2n) is 4.81. The molecule has 0 saturated carbocycles. The number of rotatable bonds is 3. The van der Waals surface area contributed by atoms with Crippen LogP contribution in [-0.2, 0) is 0 Å². The van der Waals surface area contributed by atoms with Gasteiger partial charge in [-0.3, -0.25) is 0 Å². The summed E-state index contributed by atoms with van der Waals surface area (Å²) in [5.74, 6) is 0. The standard InChI is InChI=1S/2C6H8P2.C3H10P2.C2H8P2.CH4/c7-5-2-1-3-6(8)4-5;7-5-3-1-2-4-6(5)8;4-2-1-3-5;3-1-2-4;/h2*1-4H,7-8H2;1-5H2;1-4H2;1H4. The van der Waals surface area contributed by atoms with E-state index in [1.54, 1.807) is 0 Å². The molecule has 0 aliphatic carbocycles. The Morgan fingerprint density at radius 1 is 0.538 bits per heavy atom. The molecule has 0 fully saturated rings. The molecule has 0 aliphatic rings. The molecular formula is C18H38P8. The van der Waals surface area contributed by atoms with Crippen LogP contribution in [-0.4, -0.2) is 24.6 Å². The normalized spacial score (nSPS) is 8.46. The highest BCUT2D eigenvalue weighted by molar-refractivity contribution is 7.35. The molecule has 0 aliphatic heterocycles. The van der Waals surface area contributed by atoms with Crippen LogP contribution < -0.4 is 21.2 Å². The van der Waals surface area contributed by atoms with Gasteiger partial charge in [-0.25, -0.2) is 0 Å². The van der Waals surface area contributed by atoms with E-state index in [4.69, 9.17) is 0 Å². The molecule has 0 radical (unpaired) electrons. The highest BCUT2D eigenvalue weighted by Crippen LogP contribution is 1.91. The Labute approximate surface area is 181 Å². The van der Waals surface area contributed by atoms with Gasteiger partial charge in [-0.1, -0.05) is 49.9 Å². The van der Waals surface area contributed by atoms with Gasteiger partial charge in [0.05, 0.1) is 0 Å². The molecule has 2 aromatic carbocycles. The van der Waals surface area contributed by atoms with Crippen molar-refractivity contribution < 1.29 is 0 Å². The quantitative estimate of drug-likeness (QED) is 0.560. The first-order valence-electron chi connectivity index (χ1n) is 7.94. The summed E-state index contributed by atoms with van der Waals surface area (Å²) >= 11 is 0. The van der Waals surface area contributed by atoms with Gasteiger partial charge in [0.15, 0.2) is 0 Å². The maximum absolute atomic E-state index is 2.69. The lowest BCUT2D eigenvalue weighted by atomic mass is 10.4. The molecule has 8 heteroatoms. The van der Waals surface area contributed by atoms with Gasteiger partial charge in [-0.2, -0.15) is 0 Å². The average molecular weight is 502 g/mol. The summed E-state index contributed by atoms with van der Waals surface area (Å²) in [5.41, 5.74) is 0. The Morgan fingerprint density at radius 3 is 1.08 bits per heavy atom. The molecule has 0 N–H and O–H groups in total. The fourth-order valence-electron chi connectivity index (χ4n) is 1.19. The Kier molecular flexibility index (Phi) is 31.2. The zero-order valence-corrected chi connectivity index (χ0v) is 24.0. The minimum atomic E-state index is 0. The SMILES string of the molecule is C.PCCCP.PCCP.Pc1cccc(P)c1.Pc1ccccc1P. The van der Waals surface area contributed by atoms with Crippen molar-refractivity contribution in [2.24, 2.45) is 0 Å². The highest BCUT2D eigenvalue weighted by atomic mass is 31.0. The molecule has 2 rings (SSSR count). The van der Waals surface area contributed by atoms with Gasteiger partial charge in [0.2, 0.25) is 0 Å². The van der Waals surface area contributed by atoms with Crippen molar-refractivity contribution in [2.45, 2.75) is 13.8 Å². The first kappa shape index (κ1) is 32.5. The van der Waals surface area contributed by atoms with E-state index in [2.05, 4.69) is 104 Å². The van der Waals surface area contributed by atoms with Crippen molar-refractivity contribution in [3.63, 3.8) is 0 Å². The molecule has 0 heterocycles. The van der Waals surface area contributed by atoms with E-state index in [-0.39, 0.29) is 7.43 Å². The van der Waals surface area contributed by atoms with Crippen molar-refractivity contribution in [2.75, 3.05) is 24.6 Å². The van der Waals surface area contributed by atoms with Crippen molar-refractivity contribution >= 4 is 95.1 Å². The van der Waals surface area contributed by atoms with Crippen LogP contribution in [0.15, 0.2) is 48.5 Å². The van der Waals surface area contributed by atoms with E-state index in [9.17, 15) is 0 Å². The molecular weight excluding hydrogens is 464 g/mol. The number of hydrogen-bond donors (Lipinski definition) is 0. The van der Waals surface area contributed by atoms with Crippen LogP contribution in [0.4, 0.5) is 0 Å². The van der Waals surface area contributed by atoms with Crippen molar-refractivity contribution in [1.29, 1.82) is 0 Å². The molecule has 2 aromatic rings. The zero-order chi connectivity index (χ0) is 19.5.